The van der Waals surface area contributed by atoms with Gasteiger partial charge in [-0.15, -0.1) is 0 Å². The standard InChI is InChI=1S/C18H30N4O3/c1-13-5-3-4-6-16(13)24-12-9-19-18(23)22-10-7-15(8-11-22)17-20-14(2)21-25-17/h13,15-16H,3-12H2,1-2H3,(H,19,23)/t13-,16+/m0/s1. The van der Waals surface area contributed by atoms with E-state index in [9.17, 15) is 4.79 Å². The molecule has 2 heterocycles. The predicted molar refractivity (Wildman–Crippen MR) is 93.4 cm³/mol. The molecule has 1 aliphatic carbocycles. The second-order valence-electron chi connectivity index (χ2n) is 7.34. The molecule has 1 N–H and O–H groups in total. The number of likely N-dealkylation sites (tertiary alicyclic amines) is 1. The molecule has 1 aliphatic heterocycles. The van der Waals surface area contributed by atoms with Crippen molar-refractivity contribution in [2.45, 2.75) is 64.4 Å². The van der Waals surface area contributed by atoms with Gasteiger partial charge in [0, 0.05) is 25.6 Å². The first-order valence-corrected chi connectivity index (χ1v) is 9.58. The van der Waals surface area contributed by atoms with Crippen LogP contribution in [0.3, 0.4) is 0 Å². The fourth-order valence-electron chi connectivity index (χ4n) is 3.82. The van der Waals surface area contributed by atoms with Crippen molar-refractivity contribution in [3.8, 4) is 0 Å². The van der Waals surface area contributed by atoms with E-state index in [1.54, 1.807) is 0 Å². The number of nitrogens with one attached hydrogen (secondary N) is 1. The van der Waals surface area contributed by atoms with Gasteiger partial charge in [0.15, 0.2) is 5.82 Å². The van der Waals surface area contributed by atoms with Crippen molar-refractivity contribution >= 4 is 6.03 Å². The molecule has 1 saturated carbocycles. The molecule has 140 valence electrons. The van der Waals surface area contributed by atoms with Crippen molar-refractivity contribution in [1.82, 2.24) is 20.4 Å². The van der Waals surface area contributed by atoms with Crippen LogP contribution in [0.5, 0.6) is 0 Å². The number of piperidine rings is 1. The maximum atomic E-state index is 12.3. The predicted octanol–water partition coefficient (Wildman–Crippen LogP) is 2.86. The quantitative estimate of drug-likeness (QED) is 0.826. The number of ether oxygens (including phenoxy) is 1. The summed E-state index contributed by atoms with van der Waals surface area (Å²) in [5.74, 6) is 2.27. The molecule has 2 amide bonds. The summed E-state index contributed by atoms with van der Waals surface area (Å²) >= 11 is 0. The third-order valence-corrected chi connectivity index (χ3v) is 5.42. The van der Waals surface area contributed by atoms with E-state index >= 15 is 0 Å². The lowest BCUT2D eigenvalue weighted by atomic mass is 9.88. The van der Waals surface area contributed by atoms with Crippen LogP contribution in [0, 0.1) is 12.8 Å². The average molecular weight is 350 g/mol. The normalized spacial score (nSPS) is 25.1. The summed E-state index contributed by atoms with van der Waals surface area (Å²) in [4.78, 5) is 18.4. The Morgan fingerprint density at radius 1 is 1.28 bits per heavy atom. The van der Waals surface area contributed by atoms with Crippen LogP contribution in [0.4, 0.5) is 4.79 Å². The summed E-state index contributed by atoms with van der Waals surface area (Å²) < 4.78 is 11.2. The lowest BCUT2D eigenvalue weighted by Gasteiger charge is -2.31. The summed E-state index contributed by atoms with van der Waals surface area (Å²) in [6, 6.07) is 0.000419. The molecule has 2 fully saturated rings. The number of hydrogen-bond donors (Lipinski definition) is 1. The molecule has 0 bridgehead atoms. The van der Waals surface area contributed by atoms with Gasteiger partial charge in [-0.2, -0.15) is 4.98 Å². The first kappa shape index (κ1) is 18.2. The van der Waals surface area contributed by atoms with E-state index < -0.39 is 0 Å². The summed E-state index contributed by atoms with van der Waals surface area (Å²) in [7, 11) is 0. The smallest absolute Gasteiger partial charge is 0.317 e. The molecule has 1 saturated heterocycles. The fourth-order valence-corrected chi connectivity index (χ4v) is 3.82. The highest BCUT2D eigenvalue weighted by Crippen LogP contribution is 2.27. The first-order chi connectivity index (χ1) is 12.1. The number of aryl methyl sites for hydroxylation is 1. The number of nitrogens with zero attached hydrogens (tertiary/aromatic N) is 3. The van der Waals surface area contributed by atoms with Crippen LogP contribution in [-0.4, -0.2) is 53.4 Å². The van der Waals surface area contributed by atoms with Crippen LogP contribution in [0.15, 0.2) is 4.52 Å². The largest absolute Gasteiger partial charge is 0.376 e. The van der Waals surface area contributed by atoms with Crippen molar-refractivity contribution in [2.75, 3.05) is 26.2 Å². The van der Waals surface area contributed by atoms with Crippen LogP contribution in [-0.2, 0) is 4.74 Å². The monoisotopic (exact) mass is 350 g/mol. The zero-order valence-electron chi connectivity index (χ0n) is 15.4. The van der Waals surface area contributed by atoms with E-state index in [2.05, 4.69) is 22.4 Å². The van der Waals surface area contributed by atoms with Gasteiger partial charge in [-0.05, 0) is 38.5 Å². The average Bonchev–Trinajstić information content (AvgIpc) is 3.06. The summed E-state index contributed by atoms with van der Waals surface area (Å²) in [6.07, 6.45) is 7.08. The number of aromatic nitrogens is 2. The van der Waals surface area contributed by atoms with Crippen LogP contribution < -0.4 is 5.32 Å². The molecule has 1 aromatic heterocycles. The van der Waals surface area contributed by atoms with Gasteiger partial charge in [-0.3, -0.25) is 0 Å². The molecule has 0 spiro atoms. The van der Waals surface area contributed by atoms with Gasteiger partial charge in [-0.1, -0.05) is 24.9 Å². The lowest BCUT2D eigenvalue weighted by molar-refractivity contribution is -0.00277. The number of amides is 2. The number of hydrogen-bond acceptors (Lipinski definition) is 5. The second-order valence-corrected chi connectivity index (χ2v) is 7.34. The molecular weight excluding hydrogens is 320 g/mol. The van der Waals surface area contributed by atoms with Crippen LogP contribution in [0.2, 0.25) is 0 Å². The molecule has 0 aromatic carbocycles. The van der Waals surface area contributed by atoms with Gasteiger partial charge in [0.05, 0.1) is 12.7 Å². The van der Waals surface area contributed by atoms with E-state index in [1.165, 1.54) is 19.3 Å². The molecule has 3 rings (SSSR count). The van der Waals surface area contributed by atoms with Crippen LogP contribution in [0.1, 0.15) is 63.1 Å². The van der Waals surface area contributed by atoms with E-state index in [0.717, 1.165) is 32.4 Å². The molecule has 2 aliphatic rings. The zero-order chi connectivity index (χ0) is 17.6. The number of rotatable bonds is 5. The van der Waals surface area contributed by atoms with Gasteiger partial charge < -0.3 is 19.5 Å². The van der Waals surface area contributed by atoms with Gasteiger partial charge in [0.2, 0.25) is 5.89 Å². The highest BCUT2D eigenvalue weighted by atomic mass is 16.5. The minimum absolute atomic E-state index is 0.000419. The molecular formula is C18H30N4O3. The summed E-state index contributed by atoms with van der Waals surface area (Å²) in [5.41, 5.74) is 0. The van der Waals surface area contributed by atoms with E-state index in [-0.39, 0.29) is 11.9 Å². The Hall–Kier alpha value is -1.63. The molecule has 7 heteroatoms. The Morgan fingerprint density at radius 2 is 2.04 bits per heavy atom. The summed E-state index contributed by atoms with van der Waals surface area (Å²) in [6.45, 7) is 6.70. The maximum absolute atomic E-state index is 12.3. The Labute approximate surface area is 149 Å². The molecule has 2 atom stereocenters. The Bertz CT molecular complexity index is 554. The maximum Gasteiger partial charge on any atom is 0.317 e. The van der Waals surface area contributed by atoms with Gasteiger partial charge in [0.25, 0.3) is 0 Å². The van der Waals surface area contributed by atoms with Gasteiger partial charge in [-0.25, -0.2) is 4.79 Å². The van der Waals surface area contributed by atoms with Crippen molar-refractivity contribution < 1.29 is 14.1 Å². The van der Waals surface area contributed by atoms with Crippen LogP contribution in [0.25, 0.3) is 0 Å². The molecule has 1 aromatic rings. The van der Waals surface area contributed by atoms with E-state index in [4.69, 9.17) is 9.26 Å². The third kappa shape index (κ3) is 4.93. The molecule has 0 unspecified atom stereocenters. The Morgan fingerprint density at radius 3 is 2.72 bits per heavy atom. The van der Waals surface area contributed by atoms with Crippen molar-refractivity contribution in [3.63, 3.8) is 0 Å². The molecule has 25 heavy (non-hydrogen) atoms. The van der Waals surface area contributed by atoms with Crippen LogP contribution >= 0.6 is 0 Å². The summed E-state index contributed by atoms with van der Waals surface area (Å²) in [5, 5.41) is 6.82. The highest BCUT2D eigenvalue weighted by Gasteiger charge is 2.27. The second kappa shape index (κ2) is 8.65. The molecule has 7 nitrogen and oxygen atoms in total. The Balaban J connectivity index is 1.32. The van der Waals surface area contributed by atoms with Crippen molar-refractivity contribution in [1.29, 1.82) is 0 Å². The minimum Gasteiger partial charge on any atom is -0.376 e. The third-order valence-electron chi connectivity index (χ3n) is 5.42. The Kier molecular flexibility index (Phi) is 6.29. The SMILES string of the molecule is Cc1noc(C2CCN(C(=O)NCCO[C@@H]3CCCC[C@@H]3C)CC2)n1. The minimum atomic E-state index is 0.000419. The van der Waals surface area contributed by atoms with Crippen molar-refractivity contribution in [3.05, 3.63) is 11.7 Å². The van der Waals surface area contributed by atoms with E-state index in [1.807, 2.05) is 11.8 Å². The topological polar surface area (TPSA) is 80.5 Å². The number of urea groups is 1. The van der Waals surface area contributed by atoms with Crippen molar-refractivity contribution in [2.24, 2.45) is 5.92 Å². The van der Waals surface area contributed by atoms with Gasteiger partial charge in [0.1, 0.15) is 0 Å². The highest BCUT2D eigenvalue weighted by molar-refractivity contribution is 5.74. The zero-order valence-corrected chi connectivity index (χ0v) is 15.4. The number of carbonyl (C=O) groups excluding carboxylic acids is 1. The first-order valence-electron chi connectivity index (χ1n) is 9.58. The van der Waals surface area contributed by atoms with E-state index in [0.29, 0.717) is 36.9 Å². The molecule has 0 radical (unpaired) electrons. The lowest BCUT2D eigenvalue weighted by Crippen LogP contribution is -2.45. The van der Waals surface area contributed by atoms with Gasteiger partial charge >= 0.3 is 6.03 Å². The fraction of sp³-hybridized carbons (Fsp3) is 0.833. The number of carbonyl (C=O) groups is 1.